The molecule has 21 heteroatoms. The number of benzene rings is 4. The lowest BCUT2D eigenvalue weighted by Gasteiger charge is -2.21. The zero-order valence-electron chi connectivity index (χ0n) is 33.4. The maximum Gasteiger partial charge on any atom is 0.180 e. The second-order valence-electron chi connectivity index (χ2n) is 13.1. The summed E-state index contributed by atoms with van der Waals surface area (Å²) in [6.45, 7) is 7.30. The number of hydrogen-bond donors (Lipinski definition) is 4. The first-order valence-corrected chi connectivity index (χ1v) is 20.4. The maximum atomic E-state index is 8.78. The normalized spacial score (nSPS) is 15.5. The predicted molar refractivity (Wildman–Crippen MR) is 227 cm³/mol. The van der Waals surface area contributed by atoms with Gasteiger partial charge in [-0.1, -0.05) is 34.3 Å². The summed E-state index contributed by atoms with van der Waals surface area (Å²) >= 11 is 12.5. The molecule has 2 aliphatic heterocycles. The largest absolute Gasteiger partial charge is 0.759 e. The minimum atomic E-state index is -5.17. The molecule has 18 nitrogen and oxygen atoms in total. The molecule has 2 aliphatic rings. The van der Waals surface area contributed by atoms with Gasteiger partial charge in [0.2, 0.25) is 0 Å². The fourth-order valence-corrected chi connectivity index (χ4v) is 6.75. The van der Waals surface area contributed by atoms with Gasteiger partial charge < -0.3 is 18.9 Å². The predicted octanol–water partition coefficient (Wildman–Crippen LogP) is 5.68. The van der Waals surface area contributed by atoms with Crippen molar-refractivity contribution in [3.8, 4) is 12.1 Å². The number of fused-ring (bicyclic) bond motifs is 2. The molecular weight excluding hydrogens is 819 g/mol. The number of nitrogens with one attached hydrogen (secondary N) is 4. The van der Waals surface area contributed by atoms with Gasteiger partial charge in [-0.2, -0.15) is 20.8 Å². The van der Waals surface area contributed by atoms with Gasteiger partial charge in [-0.3, -0.25) is 18.4 Å². The standard InChI is InChI=1S/2C19H22ClN7.H2O4S/c2*1-4-27(11-5-10-21)16-8-6-15(7-9-16)22-23-17-12-14(20)13-18-19(17)26(3)24-25(18)2;1-5(2,3)4/h2*6-9,12-13,24H,4-5,11H2,1-3H3;(H2,1,2,3,4). The first kappa shape index (κ1) is 46.2. The number of anilines is 4. The number of hydrogen-bond acceptors (Lipinski definition) is 16. The van der Waals surface area contributed by atoms with Crippen molar-refractivity contribution in [1.82, 2.24) is 11.1 Å². The fourth-order valence-electron chi connectivity index (χ4n) is 6.33. The summed E-state index contributed by atoms with van der Waals surface area (Å²) in [5.74, 6) is 0. The van der Waals surface area contributed by atoms with Gasteiger partial charge >= 0.3 is 0 Å². The average Bonchev–Trinajstić information content (AvgIpc) is 3.65. The molecule has 0 saturated carbocycles. The van der Waals surface area contributed by atoms with Crippen molar-refractivity contribution in [1.29, 1.82) is 10.5 Å². The van der Waals surface area contributed by atoms with Crippen LogP contribution in [-0.4, -0.2) is 71.9 Å². The quantitative estimate of drug-likeness (QED) is 0.0767. The Morgan fingerprint density at radius 2 is 1.02 bits per heavy atom. The van der Waals surface area contributed by atoms with E-state index in [4.69, 9.17) is 51.2 Å². The van der Waals surface area contributed by atoms with Crippen molar-refractivity contribution in [2.24, 2.45) is 20.5 Å². The summed E-state index contributed by atoms with van der Waals surface area (Å²) < 4.78 is 34.1. The molecule has 59 heavy (non-hydrogen) atoms. The van der Waals surface area contributed by atoms with Crippen LogP contribution in [0.1, 0.15) is 26.7 Å². The summed E-state index contributed by atoms with van der Waals surface area (Å²) in [5.41, 5.74) is 15.6. The molecule has 2 heterocycles. The molecule has 0 aliphatic carbocycles. The van der Waals surface area contributed by atoms with Gasteiger partial charge in [0.25, 0.3) is 0 Å². The van der Waals surface area contributed by atoms with Crippen molar-refractivity contribution in [2.75, 3.05) is 74.2 Å². The molecule has 4 aromatic rings. The van der Waals surface area contributed by atoms with E-state index in [9.17, 15) is 0 Å². The first-order valence-electron chi connectivity index (χ1n) is 18.4. The summed E-state index contributed by atoms with van der Waals surface area (Å²) in [6, 6.07) is 27.6. The second kappa shape index (κ2) is 21.5. The lowest BCUT2D eigenvalue weighted by atomic mass is 10.2. The molecule has 0 bridgehead atoms. The zero-order valence-corrected chi connectivity index (χ0v) is 35.8. The van der Waals surface area contributed by atoms with E-state index in [1.165, 1.54) is 0 Å². The molecular formula is C38H46Cl2N14O4S. The number of hydrazine groups is 2. The number of nitriles is 2. The Morgan fingerprint density at radius 1 is 0.678 bits per heavy atom. The van der Waals surface area contributed by atoms with Crippen molar-refractivity contribution in [3.63, 3.8) is 0 Å². The topological polar surface area (TPSA) is 223 Å². The third kappa shape index (κ3) is 13.3. The van der Waals surface area contributed by atoms with Gasteiger partial charge in [0.05, 0.1) is 50.5 Å². The van der Waals surface area contributed by atoms with Crippen molar-refractivity contribution in [3.05, 3.63) is 82.8 Å². The SMILES string of the molecule is CCN(CCC#N)c1ccc(N=Nc2cc(Cl)cc3c2N(C)N[NH+]3C)cc1.CCN(CCC#N)c1ccc(N=Nc2cc(Cl)cc3c2N(C)N[NH+]3C)cc1.O=S(=O)([O-])[O-]. The highest BCUT2D eigenvalue weighted by atomic mass is 35.5. The van der Waals surface area contributed by atoms with Gasteiger partial charge in [-0.15, -0.1) is 10.2 Å². The maximum absolute atomic E-state index is 8.78. The third-order valence-electron chi connectivity index (χ3n) is 8.99. The molecule has 6 rings (SSSR count). The third-order valence-corrected chi connectivity index (χ3v) is 9.42. The van der Waals surface area contributed by atoms with Crippen LogP contribution in [0.4, 0.5) is 56.9 Å². The monoisotopic (exact) mass is 864 g/mol. The van der Waals surface area contributed by atoms with E-state index in [-0.39, 0.29) is 0 Å². The highest BCUT2D eigenvalue weighted by Crippen LogP contribution is 2.40. The van der Waals surface area contributed by atoms with Crippen molar-refractivity contribution in [2.45, 2.75) is 26.7 Å². The van der Waals surface area contributed by atoms with Gasteiger partial charge in [0.1, 0.15) is 22.7 Å². The molecule has 312 valence electrons. The minimum absolute atomic E-state index is 0.507. The average molecular weight is 866 g/mol. The van der Waals surface area contributed by atoms with Crippen molar-refractivity contribution < 1.29 is 27.5 Å². The van der Waals surface area contributed by atoms with Crippen LogP contribution in [-0.2, 0) is 10.4 Å². The van der Waals surface area contributed by atoms with E-state index in [2.05, 4.69) is 67.3 Å². The van der Waals surface area contributed by atoms with E-state index >= 15 is 0 Å². The number of halogens is 2. The van der Waals surface area contributed by atoms with Crippen molar-refractivity contribution >= 4 is 90.5 Å². The number of azo groups is 2. The van der Waals surface area contributed by atoms with Gasteiger partial charge in [-0.05, 0) is 74.5 Å². The molecule has 0 fully saturated rings. The summed E-state index contributed by atoms with van der Waals surface area (Å²) in [7, 11) is 2.73. The Morgan fingerprint density at radius 3 is 1.32 bits per heavy atom. The fraction of sp³-hybridized carbons (Fsp3) is 0.316. The molecule has 0 spiro atoms. The van der Waals surface area contributed by atoms with Crippen LogP contribution in [0, 0.1) is 22.7 Å². The van der Waals surface area contributed by atoms with E-state index < -0.39 is 10.4 Å². The van der Waals surface area contributed by atoms with Crippen LogP contribution < -0.4 is 40.9 Å². The van der Waals surface area contributed by atoms with Crippen LogP contribution in [0.5, 0.6) is 0 Å². The van der Waals surface area contributed by atoms with Crippen LogP contribution in [0.25, 0.3) is 0 Å². The van der Waals surface area contributed by atoms with Gasteiger partial charge in [0, 0.05) is 84.2 Å². The van der Waals surface area contributed by atoms with Gasteiger partial charge in [-0.25, -0.2) is 10.0 Å². The van der Waals surface area contributed by atoms with E-state index in [1.807, 2.05) is 111 Å². The van der Waals surface area contributed by atoms with E-state index in [1.54, 1.807) is 0 Å². The van der Waals surface area contributed by atoms with E-state index in [0.717, 1.165) is 93.1 Å². The highest BCUT2D eigenvalue weighted by Gasteiger charge is 2.30. The van der Waals surface area contributed by atoms with Crippen LogP contribution in [0.2, 0.25) is 10.0 Å². The minimum Gasteiger partial charge on any atom is -0.759 e. The van der Waals surface area contributed by atoms with Crippen LogP contribution >= 0.6 is 23.2 Å². The lowest BCUT2D eigenvalue weighted by Crippen LogP contribution is -3.10. The lowest BCUT2D eigenvalue weighted by molar-refractivity contribution is -0.854. The molecule has 0 saturated heterocycles. The summed E-state index contributed by atoms with van der Waals surface area (Å²) in [5, 5.41) is 42.3. The number of nitrogens with zero attached hydrogens (tertiary/aromatic N) is 10. The highest BCUT2D eigenvalue weighted by molar-refractivity contribution is 7.79. The second-order valence-corrected chi connectivity index (χ2v) is 14.7. The number of rotatable bonds is 12. The Bertz CT molecular complexity index is 2150. The molecule has 0 radical (unpaired) electrons. The Labute approximate surface area is 354 Å². The molecule has 0 amide bonds. The smallest absolute Gasteiger partial charge is 0.180 e. The van der Waals surface area contributed by atoms with E-state index in [0.29, 0.717) is 22.9 Å². The summed E-state index contributed by atoms with van der Waals surface area (Å²) in [4.78, 5) is 4.32. The van der Waals surface area contributed by atoms with Gasteiger partial charge in [0.15, 0.2) is 11.4 Å². The molecule has 4 N–H and O–H groups in total. The molecule has 2 unspecified atom stereocenters. The first-order chi connectivity index (χ1) is 28.1. The van der Waals surface area contributed by atoms with Crippen LogP contribution in [0.15, 0.2) is 93.3 Å². The number of quaternary nitrogens is 2. The molecule has 4 aromatic carbocycles. The summed E-state index contributed by atoms with van der Waals surface area (Å²) in [6.07, 6.45) is 1.01. The molecule has 2 atom stereocenters. The Kier molecular flexibility index (Phi) is 16.9. The Hall–Kier alpha value is -5.45. The molecule has 0 aromatic heterocycles. The van der Waals surface area contributed by atoms with Crippen LogP contribution in [0.3, 0.4) is 0 Å². The Balaban J connectivity index is 0.000000234. The zero-order chi connectivity index (χ0) is 43.3.